The third-order valence-electron chi connectivity index (χ3n) is 3.30. The molecule has 7 heteroatoms. The van der Waals surface area contributed by atoms with Crippen LogP contribution in [0.3, 0.4) is 0 Å². The number of alkyl halides is 1. The van der Waals surface area contributed by atoms with Crippen LogP contribution in [0.15, 0.2) is 26.0 Å². The summed E-state index contributed by atoms with van der Waals surface area (Å²) >= 11 is 10.2. The van der Waals surface area contributed by atoms with E-state index in [1.54, 1.807) is 10.4 Å². The predicted octanol–water partition coefficient (Wildman–Crippen LogP) is 3.93. The molecule has 1 unspecified atom stereocenters. The van der Waals surface area contributed by atoms with Gasteiger partial charge in [0.25, 0.3) is 0 Å². The normalized spacial score (nSPS) is 20.9. The summed E-state index contributed by atoms with van der Waals surface area (Å²) < 4.78 is 28.3. The lowest BCUT2D eigenvalue weighted by atomic mass is 10.2. The summed E-state index contributed by atoms with van der Waals surface area (Å²) in [5, 5.41) is 0.845. The molecule has 1 aliphatic rings. The standard InChI is InChI=1S/C12H14Br3NO2S/c1-8-4-11(15)12(5-10(8)14)19(17,18)16-3-2-9(6-13)7-16/h4-5,9H,2-3,6-7H2,1H3. The third-order valence-corrected chi connectivity index (χ3v) is 7.89. The maximum absolute atomic E-state index is 12.6. The number of halogens is 3. The Hall–Kier alpha value is 0.570. The van der Waals surface area contributed by atoms with Crippen molar-refractivity contribution in [2.45, 2.75) is 18.2 Å². The molecule has 0 N–H and O–H groups in total. The molecule has 0 aliphatic carbocycles. The maximum atomic E-state index is 12.6. The molecule has 0 radical (unpaired) electrons. The molecule has 1 fully saturated rings. The first-order valence-corrected chi connectivity index (χ1v) is 10.0. The van der Waals surface area contributed by atoms with Crippen LogP contribution in [-0.4, -0.2) is 31.1 Å². The molecular formula is C12H14Br3NO2S. The average Bonchev–Trinajstić information content (AvgIpc) is 2.83. The lowest BCUT2D eigenvalue weighted by molar-refractivity contribution is 0.465. The highest BCUT2D eigenvalue weighted by molar-refractivity contribution is 9.11. The minimum absolute atomic E-state index is 0.334. The van der Waals surface area contributed by atoms with Gasteiger partial charge in [-0.05, 0) is 52.9 Å². The van der Waals surface area contributed by atoms with E-state index in [-0.39, 0.29) is 0 Å². The summed E-state index contributed by atoms with van der Waals surface area (Å²) in [6.07, 6.45) is 0.912. The lowest BCUT2D eigenvalue weighted by Gasteiger charge is -2.18. The third kappa shape index (κ3) is 3.26. The molecule has 1 aromatic rings. The van der Waals surface area contributed by atoms with E-state index in [0.717, 1.165) is 21.8 Å². The van der Waals surface area contributed by atoms with E-state index >= 15 is 0 Å². The second-order valence-corrected chi connectivity index (χ2v) is 8.97. The number of aryl methyl sites for hydroxylation is 1. The minimum atomic E-state index is -3.42. The van der Waals surface area contributed by atoms with Gasteiger partial charge < -0.3 is 0 Å². The van der Waals surface area contributed by atoms with Gasteiger partial charge in [-0.25, -0.2) is 8.42 Å². The SMILES string of the molecule is Cc1cc(Br)c(S(=O)(=O)N2CCC(CBr)C2)cc1Br. The Balaban J connectivity index is 2.38. The van der Waals surface area contributed by atoms with Crippen LogP contribution in [0, 0.1) is 12.8 Å². The van der Waals surface area contributed by atoms with Gasteiger partial charge in [-0.3, -0.25) is 0 Å². The molecule has 2 rings (SSSR count). The topological polar surface area (TPSA) is 37.4 Å². The van der Waals surface area contributed by atoms with E-state index in [1.807, 2.05) is 13.0 Å². The van der Waals surface area contributed by atoms with Crippen LogP contribution in [0.4, 0.5) is 0 Å². The Labute approximate surface area is 139 Å². The molecule has 0 bridgehead atoms. The zero-order valence-electron chi connectivity index (χ0n) is 10.4. The first-order valence-electron chi connectivity index (χ1n) is 5.88. The monoisotopic (exact) mass is 473 g/mol. The highest BCUT2D eigenvalue weighted by atomic mass is 79.9. The van der Waals surface area contributed by atoms with Crippen molar-refractivity contribution in [2.24, 2.45) is 5.92 Å². The number of rotatable bonds is 3. The lowest BCUT2D eigenvalue weighted by Crippen LogP contribution is -2.29. The van der Waals surface area contributed by atoms with Gasteiger partial charge in [-0.15, -0.1) is 0 Å². The van der Waals surface area contributed by atoms with E-state index in [1.165, 1.54) is 0 Å². The Bertz CT molecular complexity index is 589. The Morgan fingerprint density at radius 1 is 1.32 bits per heavy atom. The quantitative estimate of drug-likeness (QED) is 0.621. The van der Waals surface area contributed by atoms with Crippen molar-refractivity contribution in [3.63, 3.8) is 0 Å². The van der Waals surface area contributed by atoms with Crippen LogP contribution in [0.1, 0.15) is 12.0 Å². The molecule has 1 heterocycles. The van der Waals surface area contributed by atoms with Gasteiger partial charge >= 0.3 is 0 Å². The number of hydrogen-bond acceptors (Lipinski definition) is 2. The minimum Gasteiger partial charge on any atom is -0.207 e. The first-order chi connectivity index (χ1) is 8.86. The van der Waals surface area contributed by atoms with Gasteiger partial charge in [0.1, 0.15) is 0 Å². The van der Waals surface area contributed by atoms with E-state index in [2.05, 4.69) is 47.8 Å². The van der Waals surface area contributed by atoms with Gasteiger partial charge in [0, 0.05) is 27.4 Å². The molecule has 0 spiro atoms. The smallest absolute Gasteiger partial charge is 0.207 e. The predicted molar refractivity (Wildman–Crippen MR) is 87.2 cm³/mol. The fraction of sp³-hybridized carbons (Fsp3) is 0.500. The van der Waals surface area contributed by atoms with Gasteiger partial charge in [0.15, 0.2) is 0 Å². The van der Waals surface area contributed by atoms with E-state index in [0.29, 0.717) is 28.4 Å². The number of sulfonamides is 1. The summed E-state index contributed by atoms with van der Waals surface area (Å²) in [6.45, 7) is 3.12. The van der Waals surface area contributed by atoms with Crippen molar-refractivity contribution in [2.75, 3.05) is 18.4 Å². The molecular weight excluding hydrogens is 462 g/mol. The fourth-order valence-electron chi connectivity index (χ4n) is 2.11. The van der Waals surface area contributed by atoms with Crippen LogP contribution in [-0.2, 0) is 10.0 Å². The number of benzene rings is 1. The zero-order chi connectivity index (χ0) is 14.2. The van der Waals surface area contributed by atoms with Crippen molar-refractivity contribution in [3.05, 3.63) is 26.6 Å². The summed E-state index contributed by atoms with van der Waals surface area (Å²) in [5.41, 5.74) is 1.01. The molecule has 0 aromatic heterocycles. The first kappa shape index (κ1) is 15.9. The second-order valence-electron chi connectivity index (χ2n) is 4.70. The maximum Gasteiger partial charge on any atom is 0.244 e. The molecule has 1 saturated heterocycles. The molecule has 0 saturated carbocycles. The fourth-order valence-corrected chi connectivity index (χ4v) is 5.80. The van der Waals surface area contributed by atoms with Crippen molar-refractivity contribution >= 4 is 57.8 Å². The van der Waals surface area contributed by atoms with E-state index in [4.69, 9.17) is 0 Å². The summed E-state index contributed by atoms with van der Waals surface area (Å²) in [4.78, 5) is 0.334. The molecule has 1 aliphatic heterocycles. The summed E-state index contributed by atoms with van der Waals surface area (Å²) in [6, 6.07) is 3.51. The Kier molecular flexibility index (Phi) is 5.15. The largest absolute Gasteiger partial charge is 0.244 e. The van der Waals surface area contributed by atoms with Gasteiger partial charge in [0.05, 0.1) is 4.90 Å². The van der Waals surface area contributed by atoms with Gasteiger partial charge in [-0.1, -0.05) is 31.9 Å². The molecule has 19 heavy (non-hydrogen) atoms. The van der Waals surface area contributed by atoms with Crippen LogP contribution >= 0.6 is 47.8 Å². The zero-order valence-corrected chi connectivity index (χ0v) is 15.9. The van der Waals surface area contributed by atoms with Crippen LogP contribution in [0.5, 0.6) is 0 Å². The summed E-state index contributed by atoms with van der Waals surface area (Å²) in [7, 11) is -3.42. The van der Waals surface area contributed by atoms with Crippen LogP contribution < -0.4 is 0 Å². The van der Waals surface area contributed by atoms with Gasteiger partial charge in [0.2, 0.25) is 10.0 Å². The van der Waals surface area contributed by atoms with Crippen LogP contribution in [0.2, 0.25) is 0 Å². The van der Waals surface area contributed by atoms with Crippen LogP contribution in [0.25, 0.3) is 0 Å². The average molecular weight is 476 g/mol. The highest BCUT2D eigenvalue weighted by Crippen LogP contribution is 2.33. The molecule has 106 valence electrons. The highest BCUT2D eigenvalue weighted by Gasteiger charge is 2.33. The molecule has 1 aromatic carbocycles. The Morgan fingerprint density at radius 2 is 2.00 bits per heavy atom. The van der Waals surface area contributed by atoms with Crippen molar-refractivity contribution < 1.29 is 8.42 Å². The van der Waals surface area contributed by atoms with Crippen molar-refractivity contribution in [1.29, 1.82) is 0 Å². The van der Waals surface area contributed by atoms with Crippen molar-refractivity contribution in [3.8, 4) is 0 Å². The second kappa shape index (κ2) is 6.13. The molecule has 1 atom stereocenters. The van der Waals surface area contributed by atoms with Gasteiger partial charge in [-0.2, -0.15) is 4.31 Å². The van der Waals surface area contributed by atoms with E-state index in [9.17, 15) is 8.42 Å². The summed E-state index contributed by atoms with van der Waals surface area (Å²) in [5.74, 6) is 0.405. The Morgan fingerprint density at radius 3 is 2.58 bits per heavy atom. The number of hydrogen-bond donors (Lipinski definition) is 0. The van der Waals surface area contributed by atoms with Crippen molar-refractivity contribution in [1.82, 2.24) is 4.31 Å². The molecule has 0 amide bonds. The van der Waals surface area contributed by atoms with E-state index < -0.39 is 10.0 Å². The molecule has 3 nitrogen and oxygen atoms in total. The number of nitrogens with zero attached hydrogens (tertiary/aromatic N) is 1.